The van der Waals surface area contributed by atoms with Gasteiger partial charge in [-0.25, -0.2) is 17.7 Å². The largest absolute Gasteiger partial charge is 0.266 e. The molecule has 0 unspecified atom stereocenters. The maximum absolute atomic E-state index is 12.6. The third-order valence-corrected chi connectivity index (χ3v) is 6.19. The van der Waals surface area contributed by atoms with Crippen LogP contribution in [0.5, 0.6) is 0 Å². The highest BCUT2D eigenvalue weighted by Gasteiger charge is 2.25. The summed E-state index contributed by atoms with van der Waals surface area (Å²) in [4.78, 5) is 5.65. The molecule has 0 aliphatic rings. The van der Waals surface area contributed by atoms with E-state index in [4.69, 9.17) is 0 Å². The van der Waals surface area contributed by atoms with Crippen LogP contribution in [0, 0.1) is 20.8 Å². The van der Waals surface area contributed by atoms with Crippen molar-refractivity contribution >= 4 is 26.5 Å². The van der Waals surface area contributed by atoms with Gasteiger partial charge in [0.15, 0.2) is 5.13 Å². The number of aryl methyl sites for hydroxylation is 3. The van der Waals surface area contributed by atoms with Crippen molar-refractivity contribution in [2.45, 2.75) is 25.7 Å². The van der Waals surface area contributed by atoms with Crippen molar-refractivity contribution in [2.75, 3.05) is 11.4 Å². The van der Waals surface area contributed by atoms with Crippen LogP contribution in [0.2, 0.25) is 0 Å². The van der Waals surface area contributed by atoms with Gasteiger partial charge in [0.1, 0.15) is 0 Å². The summed E-state index contributed by atoms with van der Waals surface area (Å²) in [5.74, 6) is 0. The number of aromatic nitrogens is 1. The first-order valence-electron chi connectivity index (χ1n) is 5.82. The first-order chi connectivity index (χ1) is 8.84. The van der Waals surface area contributed by atoms with Crippen LogP contribution >= 0.6 is 11.3 Å². The molecule has 0 saturated heterocycles. The highest BCUT2D eigenvalue weighted by molar-refractivity contribution is 7.93. The molecule has 2 aromatic rings. The third-order valence-electron chi connectivity index (χ3n) is 3.02. The summed E-state index contributed by atoms with van der Waals surface area (Å²) < 4.78 is 26.4. The summed E-state index contributed by atoms with van der Waals surface area (Å²) in [6, 6.07) is 6.96. The predicted molar refractivity (Wildman–Crippen MR) is 78.4 cm³/mol. The molecule has 0 fully saturated rings. The molecule has 0 spiro atoms. The molecular weight excluding hydrogens is 280 g/mol. The molecule has 4 nitrogen and oxygen atoms in total. The van der Waals surface area contributed by atoms with E-state index in [-0.39, 0.29) is 0 Å². The van der Waals surface area contributed by atoms with Crippen molar-refractivity contribution < 1.29 is 8.42 Å². The fourth-order valence-corrected chi connectivity index (χ4v) is 4.14. The molecule has 19 heavy (non-hydrogen) atoms. The first kappa shape index (κ1) is 14.0. The third kappa shape index (κ3) is 2.50. The second kappa shape index (κ2) is 4.94. The zero-order valence-corrected chi connectivity index (χ0v) is 13.0. The number of hydrogen-bond acceptors (Lipinski definition) is 4. The van der Waals surface area contributed by atoms with Gasteiger partial charge >= 0.3 is 0 Å². The molecule has 0 radical (unpaired) electrons. The molecular formula is C13H16N2O2S2. The van der Waals surface area contributed by atoms with E-state index in [1.165, 1.54) is 15.6 Å². The van der Waals surface area contributed by atoms with Gasteiger partial charge in [0, 0.05) is 11.9 Å². The number of sulfonamides is 1. The van der Waals surface area contributed by atoms with Crippen molar-refractivity contribution in [2.24, 2.45) is 0 Å². The average molecular weight is 296 g/mol. The lowest BCUT2D eigenvalue weighted by Gasteiger charge is -2.17. The molecule has 6 heteroatoms. The van der Waals surface area contributed by atoms with Crippen molar-refractivity contribution in [3.63, 3.8) is 0 Å². The molecule has 1 aromatic carbocycles. The molecule has 1 aromatic heterocycles. The van der Waals surface area contributed by atoms with E-state index in [1.807, 2.05) is 19.9 Å². The van der Waals surface area contributed by atoms with E-state index in [0.717, 1.165) is 16.1 Å². The average Bonchev–Trinajstić information content (AvgIpc) is 2.69. The Morgan fingerprint density at radius 1 is 1.16 bits per heavy atom. The smallest absolute Gasteiger partial charge is 0.244 e. The Kier molecular flexibility index (Phi) is 3.64. The van der Waals surface area contributed by atoms with Crippen molar-refractivity contribution in [1.29, 1.82) is 0 Å². The van der Waals surface area contributed by atoms with Gasteiger partial charge in [-0.05, 0) is 32.4 Å². The quantitative estimate of drug-likeness (QED) is 0.875. The molecule has 0 amide bonds. The molecule has 1 heterocycles. The van der Waals surface area contributed by atoms with Crippen molar-refractivity contribution in [1.82, 2.24) is 4.98 Å². The minimum absolute atomic E-state index is 0.322. The van der Waals surface area contributed by atoms with Gasteiger partial charge in [0.2, 0.25) is 0 Å². The fourth-order valence-electron chi connectivity index (χ4n) is 1.69. The van der Waals surface area contributed by atoms with Crippen molar-refractivity contribution in [3.8, 4) is 0 Å². The lowest BCUT2D eigenvalue weighted by Crippen LogP contribution is -2.27. The number of rotatable bonds is 3. The molecule has 0 atom stereocenters. The van der Waals surface area contributed by atoms with Crippen LogP contribution < -0.4 is 4.31 Å². The molecule has 102 valence electrons. The number of anilines is 1. The van der Waals surface area contributed by atoms with Crippen LogP contribution in [0.3, 0.4) is 0 Å². The molecule has 0 aliphatic heterocycles. The normalized spacial score (nSPS) is 11.6. The van der Waals surface area contributed by atoms with Crippen LogP contribution in [0.4, 0.5) is 5.13 Å². The summed E-state index contributed by atoms with van der Waals surface area (Å²) in [5, 5.41) is 0.498. The van der Waals surface area contributed by atoms with E-state index >= 15 is 0 Å². The molecule has 2 rings (SSSR count). The lowest BCUT2D eigenvalue weighted by atomic mass is 10.2. The Hall–Kier alpha value is -1.40. The summed E-state index contributed by atoms with van der Waals surface area (Å²) in [7, 11) is -2.00. The number of benzene rings is 1. The Balaban J connectivity index is 2.48. The minimum Gasteiger partial charge on any atom is -0.244 e. The molecule has 0 N–H and O–H groups in total. The first-order valence-corrected chi connectivity index (χ1v) is 8.08. The highest BCUT2D eigenvalue weighted by atomic mass is 32.2. The van der Waals surface area contributed by atoms with E-state index in [0.29, 0.717) is 10.0 Å². The van der Waals surface area contributed by atoms with Gasteiger partial charge in [-0.15, -0.1) is 11.3 Å². The summed E-state index contributed by atoms with van der Waals surface area (Å²) in [6.45, 7) is 5.60. The van der Waals surface area contributed by atoms with Crippen LogP contribution in [0.15, 0.2) is 29.2 Å². The summed E-state index contributed by atoms with van der Waals surface area (Å²) in [6.07, 6.45) is 0. The SMILES string of the molecule is Cc1ccccc1S(=O)(=O)N(C)c1nc(C)c(C)s1. The van der Waals surface area contributed by atoms with Gasteiger partial charge in [-0.3, -0.25) is 0 Å². The molecule has 0 bridgehead atoms. The summed E-state index contributed by atoms with van der Waals surface area (Å²) >= 11 is 1.39. The molecule has 0 saturated carbocycles. The number of thiazole rings is 1. The minimum atomic E-state index is -3.54. The van der Waals surface area contributed by atoms with Crippen molar-refractivity contribution in [3.05, 3.63) is 40.4 Å². The van der Waals surface area contributed by atoms with Gasteiger partial charge in [0.25, 0.3) is 10.0 Å². The van der Waals surface area contributed by atoms with E-state index in [9.17, 15) is 8.42 Å². The number of hydrogen-bond donors (Lipinski definition) is 0. The monoisotopic (exact) mass is 296 g/mol. The van der Waals surface area contributed by atoms with Crippen LogP contribution in [-0.2, 0) is 10.0 Å². The Morgan fingerprint density at radius 2 is 1.79 bits per heavy atom. The standard InChI is InChI=1S/C13H16N2O2S2/c1-9-7-5-6-8-12(9)19(16,17)15(4)13-14-10(2)11(3)18-13/h5-8H,1-4H3. The predicted octanol–water partition coefficient (Wildman–Crippen LogP) is 2.89. The summed E-state index contributed by atoms with van der Waals surface area (Å²) in [5.41, 5.74) is 1.60. The van der Waals surface area contributed by atoms with Gasteiger partial charge in [-0.1, -0.05) is 18.2 Å². The maximum Gasteiger partial charge on any atom is 0.266 e. The van der Waals surface area contributed by atoms with Gasteiger partial charge in [-0.2, -0.15) is 0 Å². The Bertz CT molecular complexity index is 686. The van der Waals surface area contributed by atoms with Crippen LogP contribution in [-0.4, -0.2) is 20.4 Å². The Labute approximate surface area is 117 Å². The zero-order valence-electron chi connectivity index (χ0n) is 11.3. The topological polar surface area (TPSA) is 50.3 Å². The van der Waals surface area contributed by atoms with E-state index in [2.05, 4.69) is 4.98 Å². The lowest BCUT2D eigenvalue weighted by molar-refractivity contribution is 0.593. The maximum atomic E-state index is 12.6. The van der Waals surface area contributed by atoms with E-state index < -0.39 is 10.0 Å². The van der Waals surface area contributed by atoms with E-state index in [1.54, 1.807) is 32.2 Å². The van der Waals surface area contributed by atoms with Gasteiger partial charge < -0.3 is 0 Å². The highest BCUT2D eigenvalue weighted by Crippen LogP contribution is 2.29. The van der Waals surface area contributed by atoms with Crippen LogP contribution in [0.25, 0.3) is 0 Å². The van der Waals surface area contributed by atoms with Gasteiger partial charge in [0.05, 0.1) is 10.6 Å². The number of nitrogens with zero attached hydrogens (tertiary/aromatic N) is 2. The fraction of sp³-hybridized carbons (Fsp3) is 0.308. The Morgan fingerprint density at radius 3 is 2.32 bits per heavy atom. The zero-order chi connectivity index (χ0) is 14.2. The van der Waals surface area contributed by atoms with Crippen LogP contribution in [0.1, 0.15) is 16.1 Å². The molecule has 0 aliphatic carbocycles. The second-order valence-corrected chi connectivity index (χ2v) is 7.50. The second-order valence-electron chi connectivity index (χ2n) is 4.38.